The SMILES string of the molecule is C/C=C\C/C(=C\OCCCC)CC(N)=O. The maximum atomic E-state index is 10.8. The number of carbonyl (C=O) groups is 1. The highest BCUT2D eigenvalue weighted by molar-refractivity contribution is 5.76. The van der Waals surface area contributed by atoms with E-state index in [0.29, 0.717) is 6.61 Å². The van der Waals surface area contributed by atoms with E-state index in [1.165, 1.54) is 0 Å². The number of primary amides is 1. The first-order valence-corrected chi connectivity index (χ1v) is 5.39. The molecular formula is C12H21NO2. The molecule has 0 bridgehead atoms. The number of amides is 1. The molecule has 1 amide bonds. The van der Waals surface area contributed by atoms with Crippen molar-refractivity contribution in [1.29, 1.82) is 0 Å². The summed E-state index contributed by atoms with van der Waals surface area (Å²) in [6, 6.07) is 0. The van der Waals surface area contributed by atoms with Crippen molar-refractivity contribution in [3.63, 3.8) is 0 Å². The van der Waals surface area contributed by atoms with E-state index < -0.39 is 0 Å². The molecule has 86 valence electrons. The average Bonchev–Trinajstić information content (AvgIpc) is 2.19. The summed E-state index contributed by atoms with van der Waals surface area (Å²) in [5, 5.41) is 0. The Morgan fingerprint density at radius 3 is 2.73 bits per heavy atom. The molecule has 0 aliphatic rings. The van der Waals surface area contributed by atoms with Gasteiger partial charge < -0.3 is 10.5 Å². The Labute approximate surface area is 92.0 Å². The molecule has 3 nitrogen and oxygen atoms in total. The van der Waals surface area contributed by atoms with Crippen LogP contribution in [0.3, 0.4) is 0 Å². The Morgan fingerprint density at radius 1 is 1.47 bits per heavy atom. The van der Waals surface area contributed by atoms with Crippen LogP contribution in [0.25, 0.3) is 0 Å². The van der Waals surface area contributed by atoms with Gasteiger partial charge in [0, 0.05) is 0 Å². The number of hydrogen-bond acceptors (Lipinski definition) is 2. The Balaban J connectivity index is 4.02. The zero-order valence-electron chi connectivity index (χ0n) is 9.66. The predicted molar refractivity (Wildman–Crippen MR) is 62.2 cm³/mol. The summed E-state index contributed by atoms with van der Waals surface area (Å²) in [6.45, 7) is 4.76. The zero-order valence-corrected chi connectivity index (χ0v) is 9.66. The summed E-state index contributed by atoms with van der Waals surface area (Å²) in [5.74, 6) is -0.315. The quantitative estimate of drug-likeness (QED) is 0.381. The van der Waals surface area contributed by atoms with Crippen molar-refractivity contribution in [3.8, 4) is 0 Å². The molecular weight excluding hydrogens is 190 g/mol. The number of hydrogen-bond donors (Lipinski definition) is 1. The second kappa shape index (κ2) is 9.31. The average molecular weight is 211 g/mol. The number of nitrogens with two attached hydrogens (primary N) is 1. The second-order valence-corrected chi connectivity index (χ2v) is 3.42. The number of allylic oxidation sites excluding steroid dienone is 2. The van der Waals surface area contributed by atoms with Crippen molar-refractivity contribution in [2.75, 3.05) is 6.61 Å². The van der Waals surface area contributed by atoms with Crippen molar-refractivity contribution in [2.45, 2.75) is 39.5 Å². The smallest absolute Gasteiger partial charge is 0.221 e. The molecule has 0 aromatic rings. The molecule has 0 unspecified atom stereocenters. The number of carbonyl (C=O) groups excluding carboxylic acids is 1. The van der Waals surface area contributed by atoms with Crippen LogP contribution >= 0.6 is 0 Å². The van der Waals surface area contributed by atoms with Crippen LogP contribution in [-0.2, 0) is 9.53 Å². The number of unbranched alkanes of at least 4 members (excludes halogenated alkanes) is 1. The third kappa shape index (κ3) is 9.06. The first kappa shape index (κ1) is 13.8. The largest absolute Gasteiger partial charge is 0.501 e. The fraction of sp³-hybridized carbons (Fsp3) is 0.583. The maximum Gasteiger partial charge on any atom is 0.221 e. The van der Waals surface area contributed by atoms with Crippen LogP contribution in [-0.4, -0.2) is 12.5 Å². The normalized spacial score (nSPS) is 12.0. The molecule has 0 aliphatic carbocycles. The molecule has 15 heavy (non-hydrogen) atoms. The molecule has 2 N–H and O–H groups in total. The van der Waals surface area contributed by atoms with Crippen LogP contribution in [0.4, 0.5) is 0 Å². The summed E-state index contributed by atoms with van der Waals surface area (Å²) in [6.07, 6.45) is 8.74. The molecule has 0 saturated heterocycles. The van der Waals surface area contributed by atoms with Gasteiger partial charge >= 0.3 is 0 Å². The van der Waals surface area contributed by atoms with E-state index in [1.54, 1.807) is 6.26 Å². The molecule has 0 atom stereocenters. The topological polar surface area (TPSA) is 52.3 Å². The summed E-state index contributed by atoms with van der Waals surface area (Å²) < 4.78 is 5.33. The van der Waals surface area contributed by atoms with Gasteiger partial charge in [0.2, 0.25) is 5.91 Å². The van der Waals surface area contributed by atoms with Gasteiger partial charge in [0.15, 0.2) is 0 Å². The lowest BCUT2D eigenvalue weighted by Gasteiger charge is -2.04. The van der Waals surface area contributed by atoms with Crippen LogP contribution in [0.5, 0.6) is 0 Å². The van der Waals surface area contributed by atoms with E-state index in [-0.39, 0.29) is 12.3 Å². The summed E-state index contributed by atoms with van der Waals surface area (Å²) in [5.41, 5.74) is 6.06. The van der Waals surface area contributed by atoms with Crippen LogP contribution in [0, 0.1) is 0 Å². The Bertz CT molecular complexity index is 232. The summed E-state index contributed by atoms with van der Waals surface area (Å²) >= 11 is 0. The fourth-order valence-electron chi connectivity index (χ4n) is 1.06. The van der Waals surface area contributed by atoms with E-state index in [2.05, 4.69) is 6.92 Å². The predicted octanol–water partition coefficient (Wildman–Crippen LogP) is 2.53. The number of rotatable bonds is 8. The van der Waals surface area contributed by atoms with E-state index in [9.17, 15) is 4.79 Å². The highest BCUT2D eigenvalue weighted by Gasteiger charge is 2.00. The third-order valence-corrected chi connectivity index (χ3v) is 1.88. The van der Waals surface area contributed by atoms with E-state index in [4.69, 9.17) is 10.5 Å². The van der Waals surface area contributed by atoms with Gasteiger partial charge in [-0.2, -0.15) is 0 Å². The highest BCUT2D eigenvalue weighted by Crippen LogP contribution is 2.08. The minimum atomic E-state index is -0.315. The molecule has 0 spiro atoms. The first-order chi connectivity index (χ1) is 7.20. The molecule has 0 radical (unpaired) electrons. The minimum absolute atomic E-state index is 0.274. The summed E-state index contributed by atoms with van der Waals surface area (Å²) in [4.78, 5) is 10.8. The van der Waals surface area contributed by atoms with Crippen molar-refractivity contribution >= 4 is 5.91 Å². The van der Waals surface area contributed by atoms with Gasteiger partial charge in [-0.15, -0.1) is 0 Å². The fourth-order valence-corrected chi connectivity index (χ4v) is 1.06. The number of ether oxygens (including phenoxy) is 1. The maximum absolute atomic E-state index is 10.8. The lowest BCUT2D eigenvalue weighted by molar-refractivity contribution is -0.117. The second-order valence-electron chi connectivity index (χ2n) is 3.42. The van der Waals surface area contributed by atoms with Crippen LogP contribution in [0.2, 0.25) is 0 Å². The Hall–Kier alpha value is -1.25. The van der Waals surface area contributed by atoms with Crippen LogP contribution < -0.4 is 5.73 Å². The molecule has 0 aromatic heterocycles. The van der Waals surface area contributed by atoms with Crippen molar-refractivity contribution in [2.24, 2.45) is 5.73 Å². The van der Waals surface area contributed by atoms with Gasteiger partial charge in [0.1, 0.15) is 0 Å². The monoisotopic (exact) mass is 211 g/mol. The van der Waals surface area contributed by atoms with Gasteiger partial charge in [-0.1, -0.05) is 25.5 Å². The van der Waals surface area contributed by atoms with Gasteiger partial charge in [0.25, 0.3) is 0 Å². The van der Waals surface area contributed by atoms with Gasteiger partial charge in [-0.25, -0.2) is 0 Å². The molecule has 0 saturated carbocycles. The highest BCUT2D eigenvalue weighted by atomic mass is 16.5. The standard InChI is InChI=1S/C12H21NO2/c1-3-5-7-11(9-12(13)14)10-15-8-6-4-2/h3,5,10H,4,6-9H2,1-2H3,(H2,13,14)/b5-3-,11-10+. The van der Waals surface area contributed by atoms with Crippen molar-refractivity contribution in [3.05, 3.63) is 24.0 Å². The molecule has 3 heteroatoms. The summed E-state index contributed by atoms with van der Waals surface area (Å²) in [7, 11) is 0. The zero-order chi connectivity index (χ0) is 11.5. The first-order valence-electron chi connectivity index (χ1n) is 5.39. The lowest BCUT2D eigenvalue weighted by Crippen LogP contribution is -2.11. The van der Waals surface area contributed by atoms with Crippen molar-refractivity contribution in [1.82, 2.24) is 0 Å². The van der Waals surface area contributed by atoms with Gasteiger partial charge in [-0.05, 0) is 25.3 Å². The van der Waals surface area contributed by atoms with E-state index in [0.717, 1.165) is 24.8 Å². The van der Waals surface area contributed by atoms with Gasteiger partial charge in [0.05, 0.1) is 19.3 Å². The molecule has 0 rings (SSSR count). The molecule has 0 aliphatic heterocycles. The Kier molecular flexibility index (Phi) is 8.53. The van der Waals surface area contributed by atoms with Gasteiger partial charge in [-0.3, -0.25) is 4.79 Å². The van der Waals surface area contributed by atoms with E-state index >= 15 is 0 Å². The molecule has 0 fully saturated rings. The Morgan fingerprint density at radius 2 is 2.20 bits per heavy atom. The van der Waals surface area contributed by atoms with Crippen LogP contribution in [0.1, 0.15) is 39.5 Å². The minimum Gasteiger partial charge on any atom is -0.501 e. The van der Waals surface area contributed by atoms with Crippen molar-refractivity contribution < 1.29 is 9.53 Å². The van der Waals surface area contributed by atoms with E-state index in [1.807, 2.05) is 19.1 Å². The third-order valence-electron chi connectivity index (χ3n) is 1.88. The molecule has 0 heterocycles. The lowest BCUT2D eigenvalue weighted by atomic mass is 10.1. The molecule has 0 aromatic carbocycles. The van der Waals surface area contributed by atoms with Crippen LogP contribution in [0.15, 0.2) is 24.0 Å².